The minimum absolute atomic E-state index is 0.0000710. The van der Waals surface area contributed by atoms with Crippen LogP contribution in [0.5, 0.6) is 5.75 Å². The molecule has 194 valence electrons. The predicted octanol–water partition coefficient (Wildman–Crippen LogP) is 7.18. The first-order valence-corrected chi connectivity index (χ1v) is 14.1. The lowest BCUT2D eigenvalue weighted by Gasteiger charge is -2.42. The second-order valence-electron chi connectivity index (χ2n) is 10.9. The molecule has 1 aromatic heterocycles. The minimum atomic E-state index is -0.758. The van der Waals surface area contributed by atoms with Crippen molar-refractivity contribution in [3.8, 4) is 17.6 Å². The molecule has 1 aliphatic heterocycles. The van der Waals surface area contributed by atoms with Gasteiger partial charge in [0.2, 0.25) is 0 Å². The molecule has 0 atom stereocenters. The van der Waals surface area contributed by atoms with Gasteiger partial charge >= 0.3 is 5.97 Å². The van der Waals surface area contributed by atoms with Gasteiger partial charge in [-0.25, -0.2) is 4.98 Å². The van der Waals surface area contributed by atoms with Gasteiger partial charge in [-0.3, -0.25) is 9.78 Å². The molecule has 6 heteroatoms. The van der Waals surface area contributed by atoms with E-state index in [2.05, 4.69) is 68.6 Å². The second kappa shape index (κ2) is 12.6. The van der Waals surface area contributed by atoms with E-state index in [1.54, 1.807) is 12.4 Å². The molecule has 2 heterocycles. The van der Waals surface area contributed by atoms with Crippen LogP contribution in [0.1, 0.15) is 109 Å². The number of rotatable bonds is 11. The highest BCUT2D eigenvalue weighted by Crippen LogP contribution is 2.46. The lowest BCUT2D eigenvalue weighted by atomic mass is 9.73. The lowest BCUT2D eigenvalue weighted by Crippen LogP contribution is -2.41. The number of hydrogen-bond acceptors (Lipinski definition) is 5. The highest BCUT2D eigenvalue weighted by atomic mass is 32.2. The van der Waals surface area contributed by atoms with E-state index in [9.17, 15) is 4.79 Å². The first-order chi connectivity index (χ1) is 17.1. The van der Waals surface area contributed by atoms with Gasteiger partial charge in [-0.15, -0.1) is 11.8 Å². The van der Waals surface area contributed by atoms with Crippen molar-refractivity contribution in [2.75, 3.05) is 5.75 Å². The Labute approximate surface area is 220 Å². The zero-order valence-electron chi connectivity index (χ0n) is 22.4. The van der Waals surface area contributed by atoms with E-state index in [1.807, 2.05) is 11.8 Å². The number of thioether (sulfide) groups is 1. The van der Waals surface area contributed by atoms with Crippen molar-refractivity contribution < 1.29 is 14.6 Å². The molecule has 36 heavy (non-hydrogen) atoms. The zero-order chi connectivity index (χ0) is 26.2. The van der Waals surface area contributed by atoms with Crippen LogP contribution < -0.4 is 4.74 Å². The van der Waals surface area contributed by atoms with Crippen LogP contribution in [0.4, 0.5) is 0 Å². The number of nitrogens with zero attached hydrogens (tertiary/aromatic N) is 2. The second-order valence-corrected chi connectivity index (χ2v) is 12.1. The Balaban J connectivity index is 1.81. The summed E-state index contributed by atoms with van der Waals surface area (Å²) >= 11 is 1.86. The highest BCUT2D eigenvalue weighted by molar-refractivity contribution is 7.99. The van der Waals surface area contributed by atoms with Crippen LogP contribution >= 0.6 is 11.8 Å². The van der Waals surface area contributed by atoms with E-state index in [0.29, 0.717) is 12.1 Å². The fourth-order valence-electron chi connectivity index (χ4n) is 4.86. The predicted molar refractivity (Wildman–Crippen MR) is 147 cm³/mol. The molecule has 0 radical (unpaired) electrons. The van der Waals surface area contributed by atoms with Crippen LogP contribution in [0.2, 0.25) is 0 Å². The zero-order valence-corrected chi connectivity index (χ0v) is 23.3. The Morgan fingerprint density at radius 2 is 1.86 bits per heavy atom. The number of aryl methyl sites for hydroxylation is 1. The molecule has 1 N–H and O–H groups in total. The molecular formula is C30H40N2O3S. The maximum atomic E-state index is 10.7. The standard InChI is InChI=1S/C30H40N2O3S/c1-6-7-8-11-16-36-27-18-26-25(29(2,3)21-30(4,5)35-26)17-22(27)14-15-24-20-31-23(19-32-24)12-9-10-13-28(33)34/h17-20H,6-13,16,21H2,1-5H3,(H,33,34). The van der Waals surface area contributed by atoms with Gasteiger partial charge in [0.05, 0.1) is 11.9 Å². The molecule has 0 fully saturated rings. The number of carboxylic acid groups (broad SMARTS) is 1. The van der Waals surface area contributed by atoms with Crippen LogP contribution in [-0.4, -0.2) is 32.4 Å². The van der Waals surface area contributed by atoms with Gasteiger partial charge in [-0.1, -0.05) is 46.0 Å². The third-order valence-electron chi connectivity index (χ3n) is 6.42. The molecular weight excluding hydrogens is 468 g/mol. The summed E-state index contributed by atoms with van der Waals surface area (Å²) < 4.78 is 6.41. The van der Waals surface area contributed by atoms with Crippen LogP contribution in [0, 0.1) is 11.8 Å². The van der Waals surface area contributed by atoms with Crippen molar-refractivity contribution in [1.82, 2.24) is 9.97 Å². The van der Waals surface area contributed by atoms with E-state index >= 15 is 0 Å². The normalized spacial score (nSPS) is 15.4. The molecule has 0 spiro atoms. The maximum absolute atomic E-state index is 10.7. The van der Waals surface area contributed by atoms with E-state index in [0.717, 1.165) is 46.9 Å². The summed E-state index contributed by atoms with van der Waals surface area (Å²) in [5, 5.41) is 8.77. The van der Waals surface area contributed by atoms with Crippen molar-refractivity contribution in [2.24, 2.45) is 0 Å². The molecule has 0 saturated carbocycles. The summed E-state index contributed by atoms with van der Waals surface area (Å²) in [6.45, 7) is 11.1. The van der Waals surface area contributed by atoms with Crippen molar-refractivity contribution in [3.63, 3.8) is 0 Å². The van der Waals surface area contributed by atoms with Crippen LogP contribution in [0.3, 0.4) is 0 Å². The van der Waals surface area contributed by atoms with Crippen LogP contribution in [0.15, 0.2) is 29.4 Å². The number of hydrogen-bond donors (Lipinski definition) is 1. The Kier molecular flexibility index (Phi) is 9.84. The smallest absolute Gasteiger partial charge is 0.303 e. The van der Waals surface area contributed by atoms with E-state index in [4.69, 9.17) is 9.84 Å². The average Bonchev–Trinajstić information content (AvgIpc) is 2.80. The molecule has 0 aliphatic carbocycles. The van der Waals surface area contributed by atoms with E-state index in [1.165, 1.54) is 31.2 Å². The van der Waals surface area contributed by atoms with Gasteiger partial charge in [0.1, 0.15) is 17.0 Å². The molecule has 0 saturated heterocycles. The molecule has 2 aromatic rings. The summed E-state index contributed by atoms with van der Waals surface area (Å²) in [4.78, 5) is 20.8. The summed E-state index contributed by atoms with van der Waals surface area (Å²) in [7, 11) is 0. The quantitative estimate of drug-likeness (QED) is 0.197. The molecule has 1 aromatic carbocycles. The first-order valence-electron chi connectivity index (χ1n) is 13.1. The van der Waals surface area contributed by atoms with Crippen molar-refractivity contribution in [1.29, 1.82) is 0 Å². The monoisotopic (exact) mass is 508 g/mol. The minimum Gasteiger partial charge on any atom is -0.487 e. The lowest BCUT2D eigenvalue weighted by molar-refractivity contribution is -0.137. The van der Waals surface area contributed by atoms with Gasteiger partial charge in [0.15, 0.2) is 0 Å². The maximum Gasteiger partial charge on any atom is 0.303 e. The Hall–Kier alpha value is -2.52. The third-order valence-corrected chi connectivity index (χ3v) is 7.57. The van der Waals surface area contributed by atoms with Crippen molar-refractivity contribution in [3.05, 3.63) is 47.0 Å². The SMILES string of the molecule is CCCCCCSc1cc2c(cc1C#Cc1cnc(CCCCC(=O)O)cn1)C(C)(C)CC(C)(C)O2. The number of carbonyl (C=O) groups is 1. The number of ether oxygens (including phenoxy) is 1. The Bertz CT molecular complexity index is 1100. The fourth-order valence-corrected chi connectivity index (χ4v) is 5.88. The van der Waals surface area contributed by atoms with E-state index in [-0.39, 0.29) is 17.4 Å². The fraction of sp³-hybridized carbons (Fsp3) is 0.567. The van der Waals surface area contributed by atoms with Gasteiger partial charge in [0.25, 0.3) is 0 Å². The van der Waals surface area contributed by atoms with Gasteiger partial charge in [-0.2, -0.15) is 0 Å². The topological polar surface area (TPSA) is 72.3 Å². The number of aromatic nitrogens is 2. The number of aliphatic carboxylic acids is 1. The van der Waals surface area contributed by atoms with Crippen molar-refractivity contribution in [2.45, 2.75) is 108 Å². The number of carboxylic acids is 1. The van der Waals surface area contributed by atoms with Gasteiger partial charge in [-0.05, 0) is 75.2 Å². The van der Waals surface area contributed by atoms with Crippen LogP contribution in [-0.2, 0) is 16.6 Å². The van der Waals surface area contributed by atoms with Crippen molar-refractivity contribution >= 4 is 17.7 Å². The summed E-state index contributed by atoms with van der Waals surface area (Å²) in [6, 6.07) is 4.41. The Morgan fingerprint density at radius 3 is 2.56 bits per heavy atom. The number of benzene rings is 1. The van der Waals surface area contributed by atoms with Gasteiger partial charge < -0.3 is 9.84 Å². The summed E-state index contributed by atoms with van der Waals surface area (Å²) in [5.41, 5.74) is 3.54. The highest BCUT2D eigenvalue weighted by Gasteiger charge is 2.39. The van der Waals surface area contributed by atoms with E-state index < -0.39 is 5.97 Å². The largest absolute Gasteiger partial charge is 0.487 e. The van der Waals surface area contributed by atoms with Gasteiger partial charge in [0, 0.05) is 28.6 Å². The molecule has 0 unspecified atom stereocenters. The molecule has 0 amide bonds. The number of unbranched alkanes of at least 4 members (excludes halogenated alkanes) is 4. The number of fused-ring (bicyclic) bond motifs is 1. The molecule has 3 rings (SSSR count). The summed E-state index contributed by atoms with van der Waals surface area (Å²) in [5.74, 6) is 7.88. The molecule has 1 aliphatic rings. The molecule has 0 bridgehead atoms. The molecule has 5 nitrogen and oxygen atoms in total. The van der Waals surface area contributed by atoms with Crippen LogP contribution in [0.25, 0.3) is 0 Å². The summed E-state index contributed by atoms with van der Waals surface area (Å²) in [6.07, 6.45) is 11.7. The first kappa shape index (κ1) is 28.1. The Morgan fingerprint density at radius 1 is 1.06 bits per heavy atom. The average molecular weight is 509 g/mol. The third kappa shape index (κ3) is 8.27.